The fourth-order valence-electron chi connectivity index (χ4n) is 2.71. The van der Waals surface area contributed by atoms with Gasteiger partial charge in [-0.1, -0.05) is 25.4 Å². The van der Waals surface area contributed by atoms with Crippen molar-refractivity contribution in [2.24, 2.45) is 5.92 Å². The molecule has 98 valence electrons. The molecule has 18 heavy (non-hydrogen) atoms. The van der Waals surface area contributed by atoms with Crippen LogP contribution in [0.2, 0.25) is 5.02 Å². The molecule has 1 heterocycles. The van der Waals surface area contributed by atoms with Crippen LogP contribution in [0.3, 0.4) is 0 Å². The zero-order valence-corrected chi connectivity index (χ0v) is 11.8. The second-order valence-electron chi connectivity index (χ2n) is 5.35. The summed E-state index contributed by atoms with van der Waals surface area (Å²) in [5, 5.41) is 0.674. The molecule has 0 N–H and O–H groups in total. The Kier molecular flexibility index (Phi) is 4.41. The number of rotatable bonds is 4. The van der Waals surface area contributed by atoms with Gasteiger partial charge < -0.3 is 0 Å². The number of nitrogens with zero attached hydrogens (tertiary/aromatic N) is 1. The zero-order chi connectivity index (χ0) is 13.1. The van der Waals surface area contributed by atoms with Crippen molar-refractivity contribution in [2.75, 3.05) is 13.1 Å². The van der Waals surface area contributed by atoms with Crippen molar-refractivity contribution >= 4 is 17.4 Å². The molecule has 3 heteroatoms. The van der Waals surface area contributed by atoms with E-state index in [1.165, 1.54) is 12.8 Å². The molecule has 1 aromatic rings. The van der Waals surface area contributed by atoms with Crippen molar-refractivity contribution in [3.05, 3.63) is 34.9 Å². The fourth-order valence-corrected chi connectivity index (χ4v) is 2.84. The molecule has 1 aliphatic heterocycles. The number of ketones is 1. The second-order valence-corrected chi connectivity index (χ2v) is 5.79. The molecule has 1 fully saturated rings. The van der Waals surface area contributed by atoms with Crippen LogP contribution in [0.4, 0.5) is 0 Å². The van der Waals surface area contributed by atoms with Crippen molar-refractivity contribution in [3.63, 3.8) is 0 Å². The zero-order valence-electron chi connectivity index (χ0n) is 11.0. The number of hydrogen-bond acceptors (Lipinski definition) is 2. The minimum Gasteiger partial charge on any atom is -0.293 e. The Morgan fingerprint density at radius 3 is 2.67 bits per heavy atom. The maximum atomic E-state index is 12.2. The van der Waals surface area contributed by atoms with E-state index in [0.717, 1.165) is 12.1 Å². The molecule has 1 aliphatic rings. The first-order valence-electron chi connectivity index (χ1n) is 6.60. The predicted molar refractivity (Wildman–Crippen MR) is 75.2 cm³/mol. The van der Waals surface area contributed by atoms with E-state index < -0.39 is 0 Å². The number of likely N-dealkylation sites (tertiary alicyclic amines) is 1. The van der Waals surface area contributed by atoms with Crippen LogP contribution >= 0.6 is 11.6 Å². The fraction of sp³-hybridized carbons (Fsp3) is 0.533. The number of benzene rings is 1. The van der Waals surface area contributed by atoms with Gasteiger partial charge in [0, 0.05) is 16.6 Å². The molecule has 0 radical (unpaired) electrons. The van der Waals surface area contributed by atoms with E-state index in [1.807, 2.05) is 12.1 Å². The number of hydrogen-bond donors (Lipinski definition) is 0. The monoisotopic (exact) mass is 265 g/mol. The molecule has 1 atom stereocenters. The molecule has 0 bridgehead atoms. The maximum absolute atomic E-state index is 12.2. The molecule has 0 spiro atoms. The number of halogens is 1. The summed E-state index contributed by atoms with van der Waals surface area (Å²) < 4.78 is 0. The van der Waals surface area contributed by atoms with Crippen molar-refractivity contribution in [1.29, 1.82) is 0 Å². The lowest BCUT2D eigenvalue weighted by Gasteiger charge is -2.26. The second kappa shape index (κ2) is 5.85. The Morgan fingerprint density at radius 2 is 2.06 bits per heavy atom. The van der Waals surface area contributed by atoms with Crippen molar-refractivity contribution in [3.8, 4) is 0 Å². The summed E-state index contributed by atoms with van der Waals surface area (Å²) in [6.45, 7) is 6.04. The van der Waals surface area contributed by atoms with Crippen LogP contribution < -0.4 is 0 Å². The van der Waals surface area contributed by atoms with Crippen molar-refractivity contribution in [1.82, 2.24) is 4.90 Å². The Balaban J connectivity index is 2.01. The lowest BCUT2D eigenvalue weighted by Crippen LogP contribution is -2.37. The van der Waals surface area contributed by atoms with Gasteiger partial charge in [0.1, 0.15) is 0 Å². The normalized spacial score (nSPS) is 20.6. The highest BCUT2D eigenvalue weighted by Gasteiger charge is 2.28. The van der Waals surface area contributed by atoms with E-state index in [4.69, 9.17) is 11.6 Å². The summed E-state index contributed by atoms with van der Waals surface area (Å²) >= 11 is 5.83. The van der Waals surface area contributed by atoms with Crippen molar-refractivity contribution in [2.45, 2.75) is 32.7 Å². The molecule has 1 saturated heterocycles. The van der Waals surface area contributed by atoms with Crippen LogP contribution in [0, 0.1) is 5.92 Å². The van der Waals surface area contributed by atoms with E-state index in [-0.39, 0.29) is 5.78 Å². The number of Topliss-reactive ketones (excluding diaryl/α,β-unsaturated/α-hetero) is 1. The van der Waals surface area contributed by atoms with Gasteiger partial charge in [0.05, 0.1) is 6.54 Å². The van der Waals surface area contributed by atoms with Crippen LogP contribution in [0.25, 0.3) is 0 Å². The van der Waals surface area contributed by atoms with Crippen LogP contribution in [-0.4, -0.2) is 29.8 Å². The Morgan fingerprint density at radius 1 is 1.39 bits per heavy atom. The summed E-state index contributed by atoms with van der Waals surface area (Å²) in [7, 11) is 0. The average molecular weight is 266 g/mol. The third-order valence-corrected chi connectivity index (χ3v) is 3.95. The standard InChI is InChI=1S/C15H20ClNO/c1-11(2)14-4-3-9-17(14)10-15(18)12-5-7-13(16)8-6-12/h5-8,11,14H,3-4,9-10H2,1-2H3. The van der Waals surface area contributed by atoms with E-state index in [9.17, 15) is 4.79 Å². The van der Waals surface area contributed by atoms with Gasteiger partial charge in [-0.15, -0.1) is 0 Å². The van der Waals surface area contributed by atoms with Gasteiger partial charge in [-0.05, 0) is 49.6 Å². The Labute approximate surface area is 114 Å². The Bertz CT molecular complexity index is 413. The van der Waals surface area contributed by atoms with E-state index in [0.29, 0.717) is 23.5 Å². The van der Waals surface area contributed by atoms with E-state index >= 15 is 0 Å². The molecule has 0 amide bonds. The summed E-state index contributed by atoms with van der Waals surface area (Å²) in [5.41, 5.74) is 0.758. The summed E-state index contributed by atoms with van der Waals surface area (Å²) in [6, 6.07) is 7.73. The summed E-state index contributed by atoms with van der Waals surface area (Å²) in [4.78, 5) is 14.5. The molecule has 1 aromatic carbocycles. The SMILES string of the molecule is CC(C)C1CCCN1CC(=O)c1ccc(Cl)cc1. The lowest BCUT2D eigenvalue weighted by atomic mass is 10.0. The average Bonchev–Trinajstić information content (AvgIpc) is 2.78. The highest BCUT2D eigenvalue weighted by molar-refractivity contribution is 6.30. The molecule has 0 saturated carbocycles. The van der Waals surface area contributed by atoms with Gasteiger partial charge in [-0.2, -0.15) is 0 Å². The maximum Gasteiger partial charge on any atom is 0.176 e. The van der Waals surface area contributed by atoms with Gasteiger partial charge in [0.2, 0.25) is 0 Å². The van der Waals surface area contributed by atoms with E-state index in [2.05, 4.69) is 18.7 Å². The highest BCUT2D eigenvalue weighted by atomic mass is 35.5. The molecule has 0 aliphatic carbocycles. The highest BCUT2D eigenvalue weighted by Crippen LogP contribution is 2.23. The minimum atomic E-state index is 0.194. The van der Waals surface area contributed by atoms with E-state index in [1.54, 1.807) is 12.1 Å². The van der Waals surface area contributed by atoms with Gasteiger partial charge >= 0.3 is 0 Å². The first-order chi connectivity index (χ1) is 8.58. The number of carbonyl (C=O) groups excluding carboxylic acids is 1. The van der Waals surface area contributed by atoms with Gasteiger partial charge in [0.25, 0.3) is 0 Å². The molecular weight excluding hydrogens is 246 g/mol. The van der Waals surface area contributed by atoms with Crippen LogP contribution in [0.1, 0.15) is 37.0 Å². The third-order valence-electron chi connectivity index (χ3n) is 3.70. The van der Waals surface area contributed by atoms with Gasteiger partial charge in [0.15, 0.2) is 5.78 Å². The predicted octanol–water partition coefficient (Wildman–Crippen LogP) is 3.64. The van der Waals surface area contributed by atoms with Crippen LogP contribution in [-0.2, 0) is 0 Å². The quantitative estimate of drug-likeness (QED) is 0.775. The molecule has 0 aromatic heterocycles. The largest absolute Gasteiger partial charge is 0.293 e. The smallest absolute Gasteiger partial charge is 0.176 e. The minimum absolute atomic E-state index is 0.194. The number of carbonyl (C=O) groups is 1. The van der Waals surface area contributed by atoms with Crippen LogP contribution in [0.5, 0.6) is 0 Å². The Hall–Kier alpha value is -0.860. The molecular formula is C15H20ClNO. The van der Waals surface area contributed by atoms with Crippen LogP contribution in [0.15, 0.2) is 24.3 Å². The lowest BCUT2D eigenvalue weighted by molar-refractivity contribution is 0.0904. The first kappa shape index (κ1) is 13.6. The summed E-state index contributed by atoms with van der Waals surface area (Å²) in [5.74, 6) is 0.810. The van der Waals surface area contributed by atoms with Gasteiger partial charge in [-0.25, -0.2) is 0 Å². The molecule has 2 rings (SSSR count). The third kappa shape index (κ3) is 3.12. The summed E-state index contributed by atoms with van der Waals surface area (Å²) in [6.07, 6.45) is 2.42. The van der Waals surface area contributed by atoms with Crippen molar-refractivity contribution < 1.29 is 4.79 Å². The first-order valence-corrected chi connectivity index (χ1v) is 6.98. The topological polar surface area (TPSA) is 20.3 Å². The molecule has 1 unspecified atom stereocenters. The molecule has 2 nitrogen and oxygen atoms in total. The van der Waals surface area contributed by atoms with Gasteiger partial charge in [-0.3, -0.25) is 9.69 Å².